The van der Waals surface area contributed by atoms with Crippen molar-refractivity contribution in [1.82, 2.24) is 29.9 Å². The molecule has 2 aromatic heterocycles. The van der Waals surface area contributed by atoms with Crippen molar-refractivity contribution in [2.75, 3.05) is 28.4 Å². The summed E-state index contributed by atoms with van der Waals surface area (Å²) in [6.45, 7) is -0.878. The fourth-order valence-electron chi connectivity index (χ4n) is 5.77. The van der Waals surface area contributed by atoms with Gasteiger partial charge in [-0.3, -0.25) is 27.3 Å². The van der Waals surface area contributed by atoms with Crippen LogP contribution in [0.25, 0.3) is 12.2 Å². The van der Waals surface area contributed by atoms with Gasteiger partial charge >= 0.3 is 6.01 Å². The lowest BCUT2D eigenvalue weighted by molar-refractivity contribution is 0.271. The van der Waals surface area contributed by atoms with E-state index in [9.17, 15) is 82.9 Å². The van der Waals surface area contributed by atoms with Gasteiger partial charge in [0.15, 0.2) is 5.82 Å². The van der Waals surface area contributed by atoms with E-state index in [0.29, 0.717) is 36.4 Å². The van der Waals surface area contributed by atoms with Gasteiger partial charge in [-0.2, -0.15) is 80.4 Å². The third-order valence-electron chi connectivity index (χ3n) is 8.70. The van der Waals surface area contributed by atoms with Crippen LogP contribution in [-0.4, -0.2) is 120 Å². The maximum Gasteiger partial charge on any atom is 0.322 e. The summed E-state index contributed by atoms with van der Waals surface area (Å²) < 4.78 is 209. The number of rotatable bonds is 18. The second kappa shape index (κ2) is 19.5. The monoisotopic (exact) mass is 1090 g/mol. The summed E-state index contributed by atoms with van der Waals surface area (Å²) in [5.74, 6) is -2.46. The Hall–Kier alpha value is -6.94. The average Bonchev–Trinajstić information content (AvgIpc) is 3.24. The third kappa shape index (κ3) is 13.0. The summed E-state index contributed by atoms with van der Waals surface area (Å²) in [6.07, 6.45) is 2.06. The topological polar surface area (TPSA) is 481 Å². The lowest BCUT2D eigenvalue weighted by Gasteiger charge is -2.13. The number of methoxy groups -OCH3 is 1. The Balaban J connectivity index is 1.30. The van der Waals surface area contributed by atoms with E-state index in [1.54, 1.807) is 0 Å². The Bertz CT molecular complexity index is 3580. The molecule has 0 atom stereocenters. The van der Waals surface area contributed by atoms with Crippen molar-refractivity contribution < 1.29 is 87.7 Å². The largest absolute Gasteiger partial charge is 0.467 e. The zero-order chi connectivity index (χ0) is 51.8. The summed E-state index contributed by atoms with van der Waals surface area (Å²) in [6, 6.07) is 9.81. The Labute approximate surface area is 395 Å². The molecule has 0 bridgehead atoms. The zero-order valence-corrected chi connectivity index (χ0v) is 39.3. The molecule has 2 heterocycles. The standard InChI is InChI=1S/C34H30N10O20S6/c1-64-34-43-31(42-33(44-34)38-24-15-22(66(49,50)51)9-11-26(24)68(55,56)57)36-20-7-5-18(28(13-20)70(61,62)63)3-2-17-4-6-19(12-27(17)69(58,59)60)35-30-39-29(16-45)40-32(41-30)37-23-14-21(65(46,47)48)8-10-25(23)67(52,53)54/h2-15,45H,16H2,1H3,(H,46,47,48)(H,49,50,51)(H,52,53,54)(H,55,56,57)(H,58,59,60)(H,61,62,63)(H2,35,37,39,40,41)(H2,36,38,42,43,44)/b3-2+. The predicted octanol–water partition coefficient (Wildman–Crippen LogP) is 2.18. The van der Waals surface area contributed by atoms with Crippen molar-refractivity contribution in [2.24, 2.45) is 0 Å². The smallest absolute Gasteiger partial charge is 0.322 e. The molecule has 0 saturated heterocycles. The van der Waals surface area contributed by atoms with E-state index >= 15 is 0 Å². The van der Waals surface area contributed by atoms with Gasteiger partial charge in [0.1, 0.15) is 26.2 Å². The van der Waals surface area contributed by atoms with E-state index in [1.165, 1.54) is 12.1 Å². The lowest BCUT2D eigenvalue weighted by Crippen LogP contribution is -2.11. The minimum absolute atomic E-state index is 0.156. The number of nitrogens with zero attached hydrogens (tertiary/aromatic N) is 6. The van der Waals surface area contributed by atoms with Crippen molar-refractivity contribution >= 4 is 119 Å². The highest BCUT2D eigenvalue weighted by molar-refractivity contribution is 7.87. The number of ether oxygens (including phenoxy) is 1. The molecule has 0 fully saturated rings. The lowest BCUT2D eigenvalue weighted by atomic mass is 10.1. The number of nitrogens with one attached hydrogen (secondary N) is 4. The molecule has 0 aliphatic rings. The van der Waals surface area contributed by atoms with E-state index in [1.807, 2.05) is 0 Å². The maximum atomic E-state index is 12.6. The number of hydrogen-bond donors (Lipinski definition) is 11. The van der Waals surface area contributed by atoms with E-state index in [4.69, 9.17) is 4.74 Å². The fourth-order valence-corrected chi connectivity index (χ4v) is 9.46. The van der Waals surface area contributed by atoms with Crippen LogP contribution >= 0.6 is 0 Å². The van der Waals surface area contributed by atoms with Gasteiger partial charge in [-0.05, 0) is 71.8 Å². The molecule has 11 N–H and O–H groups in total. The summed E-state index contributed by atoms with van der Waals surface area (Å²) in [5.41, 5.74) is -2.19. The first-order valence-corrected chi connectivity index (χ1v) is 26.8. The molecule has 0 spiro atoms. The Morgan fingerprint density at radius 3 is 1.14 bits per heavy atom. The van der Waals surface area contributed by atoms with Crippen LogP contribution in [0.15, 0.2) is 102 Å². The molecule has 4 aromatic carbocycles. The minimum atomic E-state index is -5.12. The number of benzene rings is 4. The number of aromatic nitrogens is 6. The number of aliphatic hydroxyl groups is 1. The van der Waals surface area contributed by atoms with Crippen molar-refractivity contribution in [2.45, 2.75) is 36.0 Å². The van der Waals surface area contributed by atoms with Crippen molar-refractivity contribution in [3.63, 3.8) is 0 Å². The Morgan fingerprint density at radius 1 is 0.443 bits per heavy atom. The van der Waals surface area contributed by atoms with Crippen LogP contribution in [0.4, 0.5) is 46.5 Å². The van der Waals surface area contributed by atoms with Crippen LogP contribution in [0.3, 0.4) is 0 Å². The van der Waals surface area contributed by atoms with Crippen LogP contribution in [0.5, 0.6) is 6.01 Å². The summed E-state index contributed by atoms with van der Waals surface area (Å²) in [7, 11) is -29.0. The molecule has 0 unspecified atom stereocenters. The van der Waals surface area contributed by atoms with Gasteiger partial charge in [0.2, 0.25) is 23.8 Å². The van der Waals surface area contributed by atoms with Crippen molar-refractivity contribution in [3.8, 4) is 6.01 Å². The third-order valence-corrected chi connectivity index (χ3v) is 14.0. The normalized spacial score (nSPS) is 12.7. The van der Waals surface area contributed by atoms with E-state index in [-0.39, 0.29) is 22.5 Å². The summed E-state index contributed by atoms with van der Waals surface area (Å²) in [5, 5.41) is 19.6. The van der Waals surface area contributed by atoms with E-state index in [2.05, 4.69) is 51.2 Å². The fraction of sp³-hybridized carbons (Fsp3) is 0.0588. The minimum Gasteiger partial charge on any atom is -0.467 e. The first-order chi connectivity index (χ1) is 32.3. The highest BCUT2D eigenvalue weighted by Crippen LogP contribution is 2.32. The zero-order valence-electron chi connectivity index (χ0n) is 34.4. The molecular formula is C34H30N10O20S6. The molecule has 70 heavy (non-hydrogen) atoms. The van der Waals surface area contributed by atoms with Crippen molar-refractivity contribution in [1.29, 1.82) is 0 Å². The van der Waals surface area contributed by atoms with Gasteiger partial charge in [0.25, 0.3) is 60.7 Å². The quantitative estimate of drug-likeness (QED) is 0.0434. The van der Waals surface area contributed by atoms with E-state index < -0.39 is 144 Å². The second-order valence-corrected chi connectivity index (χ2v) is 21.9. The number of anilines is 8. The van der Waals surface area contributed by atoms with Gasteiger partial charge in [0, 0.05) is 11.4 Å². The van der Waals surface area contributed by atoms with Gasteiger partial charge < -0.3 is 31.1 Å². The molecule has 0 radical (unpaired) electrons. The molecule has 0 aliphatic carbocycles. The molecule has 372 valence electrons. The SMILES string of the molecule is COc1nc(Nc2ccc(/C=C/c3ccc(Nc4nc(CO)nc(Nc5cc(S(=O)(=O)O)ccc5S(=O)(=O)O)n4)cc3S(=O)(=O)O)c(S(=O)(=O)O)c2)nc(Nc2cc(S(=O)(=O)O)ccc2S(=O)(=O)O)n1. The van der Waals surface area contributed by atoms with Gasteiger partial charge in [-0.1, -0.05) is 24.3 Å². The van der Waals surface area contributed by atoms with Crippen LogP contribution < -0.4 is 26.0 Å². The molecule has 6 aromatic rings. The first-order valence-electron chi connectivity index (χ1n) is 18.1. The van der Waals surface area contributed by atoms with Crippen LogP contribution in [0, 0.1) is 0 Å². The first kappa shape index (κ1) is 52.4. The molecule has 0 amide bonds. The molecule has 0 aliphatic heterocycles. The molecule has 6 rings (SSSR count). The maximum absolute atomic E-state index is 12.6. The number of aliphatic hydroxyl groups excluding tert-OH is 1. The summed E-state index contributed by atoms with van der Waals surface area (Å²) >= 11 is 0. The van der Waals surface area contributed by atoms with Gasteiger partial charge in [-0.15, -0.1) is 0 Å². The average molecular weight is 1090 g/mol. The molecule has 0 saturated carbocycles. The van der Waals surface area contributed by atoms with Crippen LogP contribution in [0.1, 0.15) is 17.0 Å². The predicted molar refractivity (Wildman–Crippen MR) is 239 cm³/mol. The highest BCUT2D eigenvalue weighted by Gasteiger charge is 2.24. The van der Waals surface area contributed by atoms with Gasteiger partial charge in [-0.25, -0.2) is 0 Å². The second-order valence-electron chi connectivity index (χ2n) is 13.5. The van der Waals surface area contributed by atoms with Crippen LogP contribution in [-0.2, 0) is 67.3 Å². The van der Waals surface area contributed by atoms with E-state index in [0.717, 1.165) is 43.5 Å². The van der Waals surface area contributed by atoms with Crippen molar-refractivity contribution in [3.05, 3.63) is 89.7 Å². The van der Waals surface area contributed by atoms with Crippen LogP contribution in [0.2, 0.25) is 0 Å². The molecule has 30 nitrogen and oxygen atoms in total. The molecular weight excluding hydrogens is 1060 g/mol. The van der Waals surface area contributed by atoms with Gasteiger partial charge in [0.05, 0.1) is 28.3 Å². The Kier molecular flexibility index (Phi) is 14.6. The number of hydrogen-bond acceptors (Lipinski definition) is 24. The summed E-state index contributed by atoms with van der Waals surface area (Å²) in [4.78, 5) is 18.5. The Morgan fingerprint density at radius 2 is 0.800 bits per heavy atom. The molecule has 36 heteroatoms. The highest BCUT2D eigenvalue weighted by atomic mass is 32.2.